The van der Waals surface area contributed by atoms with E-state index >= 15 is 0 Å². The minimum Gasteiger partial charge on any atom is -0.0910 e. The molecule has 2 heterocycles. The van der Waals surface area contributed by atoms with Crippen LogP contribution in [0.4, 0.5) is 0 Å². The molecular formula is C13H24P4. The molecule has 4 rings (SSSR count). The highest BCUT2D eigenvalue weighted by atomic mass is 32.1. The molecule has 17 heavy (non-hydrogen) atoms. The van der Waals surface area contributed by atoms with Crippen molar-refractivity contribution in [3.8, 4) is 0 Å². The number of hydrogen-bond donors (Lipinski definition) is 0. The monoisotopic (exact) mass is 304 g/mol. The molecule has 0 spiro atoms. The predicted octanol–water partition coefficient (Wildman–Crippen LogP) is 5.74. The van der Waals surface area contributed by atoms with E-state index < -0.39 is 0 Å². The largest absolute Gasteiger partial charge is 0.0910 e. The van der Waals surface area contributed by atoms with Gasteiger partial charge in [-0.05, 0) is 54.2 Å². The van der Waals surface area contributed by atoms with E-state index in [1.165, 1.54) is 39.2 Å². The molecule has 4 heteroatoms. The fraction of sp³-hybridized carbons (Fsp3) is 1.00. The number of hydrogen-bond acceptors (Lipinski definition) is 0. The summed E-state index contributed by atoms with van der Waals surface area (Å²) in [5.74, 6) is 1.69. The third-order valence-electron chi connectivity index (χ3n) is 5.16. The molecule has 2 aliphatic carbocycles. The highest BCUT2D eigenvalue weighted by Crippen LogP contribution is 2.87. The Morgan fingerprint density at radius 1 is 0.647 bits per heavy atom. The first-order valence-electron chi connectivity index (χ1n) is 7.49. The van der Waals surface area contributed by atoms with Crippen LogP contribution >= 0.6 is 31.8 Å². The second-order valence-corrected chi connectivity index (χ2v) is 17.5. The fourth-order valence-corrected chi connectivity index (χ4v) is 23.6. The summed E-state index contributed by atoms with van der Waals surface area (Å²) in [7, 11) is 4.10. The minimum atomic E-state index is 0.606. The zero-order valence-electron chi connectivity index (χ0n) is 10.6. The van der Waals surface area contributed by atoms with E-state index in [2.05, 4.69) is 0 Å². The van der Waals surface area contributed by atoms with E-state index in [0.717, 1.165) is 0 Å². The zero-order valence-corrected chi connectivity index (χ0v) is 14.4. The van der Waals surface area contributed by atoms with E-state index in [1.54, 1.807) is 57.3 Å². The van der Waals surface area contributed by atoms with Gasteiger partial charge >= 0.3 is 0 Å². The van der Waals surface area contributed by atoms with Gasteiger partial charge in [0.2, 0.25) is 0 Å². The van der Waals surface area contributed by atoms with Crippen LogP contribution in [0, 0.1) is 0 Å². The molecule has 2 aliphatic heterocycles. The van der Waals surface area contributed by atoms with Crippen LogP contribution in [-0.4, -0.2) is 28.5 Å². The maximum atomic E-state index is 1.69. The summed E-state index contributed by atoms with van der Waals surface area (Å²) < 4.78 is 0. The Morgan fingerprint density at radius 2 is 1.00 bits per heavy atom. The summed E-state index contributed by atoms with van der Waals surface area (Å²) in [4.78, 5) is 0. The highest BCUT2D eigenvalue weighted by Gasteiger charge is 2.51. The van der Waals surface area contributed by atoms with E-state index in [0.29, 0.717) is 15.2 Å². The van der Waals surface area contributed by atoms with E-state index in [9.17, 15) is 0 Å². The molecule has 6 atom stereocenters. The Balaban J connectivity index is 1.18. The summed E-state index contributed by atoms with van der Waals surface area (Å²) in [6.07, 6.45) is 12.8. The maximum absolute atomic E-state index is 1.69. The Bertz CT molecular complexity index is 243. The highest BCUT2D eigenvalue weighted by molar-refractivity contribution is 8.33. The van der Waals surface area contributed by atoms with Gasteiger partial charge in [-0.15, -0.1) is 0 Å². The van der Waals surface area contributed by atoms with Crippen LogP contribution in [0.3, 0.4) is 0 Å². The molecule has 2 saturated carbocycles. The van der Waals surface area contributed by atoms with Crippen molar-refractivity contribution in [2.75, 3.05) is 5.90 Å². The molecule has 0 aromatic heterocycles. The van der Waals surface area contributed by atoms with Gasteiger partial charge in [-0.25, -0.2) is 0 Å². The van der Waals surface area contributed by atoms with E-state index in [1.807, 2.05) is 0 Å². The van der Waals surface area contributed by atoms with Gasteiger partial charge in [0.15, 0.2) is 0 Å². The average molecular weight is 304 g/mol. The number of rotatable bonds is 4. The molecule has 0 amide bonds. The summed E-state index contributed by atoms with van der Waals surface area (Å²) >= 11 is 0. The van der Waals surface area contributed by atoms with Crippen LogP contribution in [0.15, 0.2) is 0 Å². The molecule has 2 saturated heterocycles. The lowest BCUT2D eigenvalue weighted by Gasteiger charge is -2.04. The third kappa shape index (κ3) is 2.52. The quantitative estimate of drug-likeness (QED) is 0.581. The zero-order chi connectivity index (χ0) is 11.2. The Hall–Kier alpha value is 1.72. The molecule has 6 unspecified atom stereocenters. The van der Waals surface area contributed by atoms with Crippen LogP contribution in [-0.2, 0) is 0 Å². The Labute approximate surface area is 112 Å². The molecule has 4 aliphatic rings. The molecular weight excluding hydrogens is 280 g/mol. The average Bonchev–Trinajstić information content (AvgIpc) is 3.26. The normalized spacial score (nSPS) is 52.9. The van der Waals surface area contributed by atoms with Crippen molar-refractivity contribution >= 4 is 31.8 Å². The van der Waals surface area contributed by atoms with Gasteiger partial charge in [-0.2, -0.15) is 0 Å². The van der Waals surface area contributed by atoms with Crippen molar-refractivity contribution in [2.45, 2.75) is 74.0 Å². The molecule has 96 valence electrons. The molecule has 4 fully saturated rings. The Kier molecular flexibility index (Phi) is 3.85. The first kappa shape index (κ1) is 12.5. The van der Waals surface area contributed by atoms with Crippen LogP contribution < -0.4 is 0 Å². The third-order valence-corrected chi connectivity index (χ3v) is 20.8. The lowest BCUT2D eigenvalue weighted by Crippen LogP contribution is -2.00. The SMILES string of the molecule is C1CCC2C(C1)P2PCPP1C2CCCCC21. The summed E-state index contributed by atoms with van der Waals surface area (Å²) in [5, 5.41) is 0. The topological polar surface area (TPSA) is 0 Å². The second-order valence-electron chi connectivity index (χ2n) is 6.15. The lowest BCUT2D eigenvalue weighted by atomic mass is 10.0. The maximum Gasteiger partial charge on any atom is -0.00973 e. The molecule has 0 N–H and O–H groups in total. The standard InChI is InChI=1S/C13H24P4/c1-2-6-11-10(5-1)16(11)14-9-15-17-12-7-3-4-8-13(12)17/h10-15H,1-9H2. The summed E-state index contributed by atoms with van der Waals surface area (Å²) in [6, 6.07) is 0. The summed E-state index contributed by atoms with van der Waals surface area (Å²) in [6.45, 7) is 0. The van der Waals surface area contributed by atoms with E-state index in [4.69, 9.17) is 0 Å². The van der Waals surface area contributed by atoms with Gasteiger partial charge in [-0.3, -0.25) is 0 Å². The van der Waals surface area contributed by atoms with Crippen molar-refractivity contribution < 1.29 is 0 Å². The molecule has 0 nitrogen and oxygen atoms in total. The van der Waals surface area contributed by atoms with Gasteiger partial charge in [0.05, 0.1) is 0 Å². The Morgan fingerprint density at radius 3 is 1.35 bits per heavy atom. The second kappa shape index (κ2) is 5.25. The van der Waals surface area contributed by atoms with Gasteiger partial charge in [0.25, 0.3) is 0 Å². The van der Waals surface area contributed by atoms with Gasteiger partial charge < -0.3 is 0 Å². The van der Waals surface area contributed by atoms with Gasteiger partial charge in [-0.1, -0.05) is 57.4 Å². The minimum absolute atomic E-state index is 0.606. The van der Waals surface area contributed by atoms with Crippen LogP contribution in [0.2, 0.25) is 0 Å². The van der Waals surface area contributed by atoms with Crippen molar-refractivity contribution in [2.24, 2.45) is 0 Å². The van der Waals surface area contributed by atoms with Crippen molar-refractivity contribution in [1.29, 1.82) is 0 Å². The summed E-state index contributed by atoms with van der Waals surface area (Å²) in [5.41, 5.74) is 5.15. The first-order valence-corrected chi connectivity index (χ1v) is 14.5. The van der Waals surface area contributed by atoms with Crippen LogP contribution in [0.25, 0.3) is 0 Å². The molecule has 0 aromatic rings. The van der Waals surface area contributed by atoms with Crippen LogP contribution in [0.1, 0.15) is 51.4 Å². The van der Waals surface area contributed by atoms with Crippen molar-refractivity contribution in [3.63, 3.8) is 0 Å². The first-order chi connectivity index (χ1) is 8.45. The van der Waals surface area contributed by atoms with Crippen molar-refractivity contribution in [1.82, 2.24) is 0 Å². The van der Waals surface area contributed by atoms with Gasteiger partial charge in [0.1, 0.15) is 0 Å². The molecule has 0 bridgehead atoms. The molecule has 0 radical (unpaired) electrons. The number of fused-ring (bicyclic) bond motifs is 2. The van der Waals surface area contributed by atoms with Gasteiger partial charge in [0, 0.05) is 0 Å². The molecule has 0 aromatic carbocycles. The van der Waals surface area contributed by atoms with E-state index in [-0.39, 0.29) is 0 Å². The van der Waals surface area contributed by atoms with Crippen LogP contribution in [0.5, 0.6) is 0 Å². The predicted molar refractivity (Wildman–Crippen MR) is 87.4 cm³/mol. The lowest BCUT2D eigenvalue weighted by molar-refractivity contribution is 0.571. The fourth-order valence-electron chi connectivity index (χ4n) is 4.10. The van der Waals surface area contributed by atoms with Crippen molar-refractivity contribution in [3.05, 3.63) is 0 Å². The smallest absolute Gasteiger partial charge is 0.00973 e.